The van der Waals surface area contributed by atoms with Crippen LogP contribution in [0.4, 0.5) is 0 Å². The van der Waals surface area contributed by atoms with Crippen molar-refractivity contribution in [2.75, 3.05) is 39.3 Å². The summed E-state index contributed by atoms with van der Waals surface area (Å²) in [7, 11) is 0. The SMILES string of the molecule is CC.CC(C)Cc1ccc(CN2CCN(CC(O)NCCC(C)(C)C)CC2)cc1. The van der Waals surface area contributed by atoms with Crippen LogP contribution in [0.1, 0.15) is 66.0 Å². The third-order valence-electron chi connectivity index (χ3n) is 5.22. The fraction of sp³-hybridized carbons (Fsp3) is 0.760. The number of β-amino-alcohol motifs (C(OH)–C–C–N with tert-alkyl or cyclic N) is 1. The Bertz CT molecular complexity index is 528. The molecular formula is C25H47N3O. The van der Waals surface area contributed by atoms with Gasteiger partial charge in [-0.25, -0.2) is 0 Å². The summed E-state index contributed by atoms with van der Waals surface area (Å²) in [5.41, 5.74) is 3.15. The highest BCUT2D eigenvalue weighted by atomic mass is 16.3. The summed E-state index contributed by atoms with van der Waals surface area (Å²) in [5, 5.41) is 13.5. The van der Waals surface area contributed by atoms with Crippen molar-refractivity contribution in [2.45, 2.75) is 74.1 Å². The van der Waals surface area contributed by atoms with Crippen LogP contribution in [0.2, 0.25) is 0 Å². The van der Waals surface area contributed by atoms with E-state index in [4.69, 9.17) is 0 Å². The monoisotopic (exact) mass is 405 g/mol. The van der Waals surface area contributed by atoms with E-state index < -0.39 is 6.23 Å². The molecule has 0 bridgehead atoms. The third kappa shape index (κ3) is 11.7. The van der Waals surface area contributed by atoms with Gasteiger partial charge in [-0.3, -0.25) is 15.1 Å². The van der Waals surface area contributed by atoms with Gasteiger partial charge in [-0.1, -0.05) is 72.7 Å². The number of aliphatic hydroxyl groups excluding tert-OH is 1. The lowest BCUT2D eigenvalue weighted by atomic mass is 9.92. The minimum atomic E-state index is -0.424. The molecule has 29 heavy (non-hydrogen) atoms. The van der Waals surface area contributed by atoms with E-state index in [1.54, 1.807) is 0 Å². The number of hydrogen-bond acceptors (Lipinski definition) is 4. The first-order valence-corrected chi connectivity index (χ1v) is 11.7. The van der Waals surface area contributed by atoms with Crippen LogP contribution in [-0.4, -0.2) is 60.4 Å². The zero-order valence-electron chi connectivity index (χ0n) is 20.2. The largest absolute Gasteiger partial charge is 0.377 e. The van der Waals surface area contributed by atoms with E-state index in [0.717, 1.165) is 58.7 Å². The maximum absolute atomic E-state index is 10.2. The van der Waals surface area contributed by atoms with Gasteiger partial charge in [0.15, 0.2) is 0 Å². The van der Waals surface area contributed by atoms with Crippen LogP contribution in [0.25, 0.3) is 0 Å². The minimum Gasteiger partial charge on any atom is -0.377 e. The quantitative estimate of drug-likeness (QED) is 0.598. The molecule has 168 valence electrons. The summed E-state index contributed by atoms with van der Waals surface area (Å²) >= 11 is 0. The molecule has 1 fully saturated rings. The molecule has 0 spiro atoms. The van der Waals surface area contributed by atoms with E-state index >= 15 is 0 Å². The lowest BCUT2D eigenvalue weighted by Gasteiger charge is -2.35. The Labute approximate surface area is 180 Å². The van der Waals surface area contributed by atoms with Crippen molar-refractivity contribution in [1.82, 2.24) is 15.1 Å². The lowest BCUT2D eigenvalue weighted by molar-refractivity contribution is 0.0524. The number of rotatable bonds is 9. The molecule has 2 N–H and O–H groups in total. The average molecular weight is 406 g/mol. The highest BCUT2D eigenvalue weighted by Crippen LogP contribution is 2.17. The number of piperazine rings is 1. The van der Waals surface area contributed by atoms with E-state index in [1.807, 2.05) is 13.8 Å². The van der Waals surface area contributed by atoms with Crippen LogP contribution < -0.4 is 5.32 Å². The molecule has 4 nitrogen and oxygen atoms in total. The summed E-state index contributed by atoms with van der Waals surface area (Å²) in [6, 6.07) is 9.14. The normalized spacial score (nSPS) is 17.1. The second-order valence-corrected chi connectivity index (χ2v) is 9.77. The molecule has 0 aromatic heterocycles. The molecule has 1 saturated heterocycles. The summed E-state index contributed by atoms with van der Waals surface area (Å²) in [5.74, 6) is 0.710. The zero-order valence-corrected chi connectivity index (χ0v) is 20.2. The van der Waals surface area contributed by atoms with Crippen molar-refractivity contribution in [3.63, 3.8) is 0 Å². The van der Waals surface area contributed by atoms with Gasteiger partial charge in [0.2, 0.25) is 0 Å². The van der Waals surface area contributed by atoms with Gasteiger partial charge in [0, 0.05) is 39.3 Å². The topological polar surface area (TPSA) is 38.7 Å². The predicted octanol–water partition coefficient (Wildman–Crippen LogP) is 4.37. The number of benzene rings is 1. The maximum atomic E-state index is 10.2. The van der Waals surface area contributed by atoms with Crippen LogP contribution in [0.5, 0.6) is 0 Å². The average Bonchev–Trinajstić information content (AvgIpc) is 2.65. The number of nitrogens with one attached hydrogen (secondary N) is 1. The summed E-state index contributed by atoms with van der Waals surface area (Å²) in [6.45, 7) is 22.1. The second kappa shape index (κ2) is 13.4. The van der Waals surface area contributed by atoms with E-state index in [9.17, 15) is 5.11 Å². The van der Waals surface area contributed by atoms with Gasteiger partial charge in [-0.2, -0.15) is 0 Å². The molecular weight excluding hydrogens is 358 g/mol. The summed E-state index contributed by atoms with van der Waals surface area (Å²) in [4.78, 5) is 4.89. The van der Waals surface area contributed by atoms with Crippen molar-refractivity contribution < 1.29 is 5.11 Å². The van der Waals surface area contributed by atoms with Crippen molar-refractivity contribution >= 4 is 0 Å². The van der Waals surface area contributed by atoms with Crippen molar-refractivity contribution in [2.24, 2.45) is 11.3 Å². The van der Waals surface area contributed by atoms with Crippen LogP contribution in [0.3, 0.4) is 0 Å². The van der Waals surface area contributed by atoms with Crippen molar-refractivity contribution in [1.29, 1.82) is 0 Å². The second-order valence-electron chi connectivity index (χ2n) is 9.77. The van der Waals surface area contributed by atoms with Gasteiger partial charge in [-0.05, 0) is 41.8 Å². The first-order chi connectivity index (χ1) is 13.7. The molecule has 0 aliphatic carbocycles. The van der Waals surface area contributed by atoms with Gasteiger partial charge >= 0.3 is 0 Å². The Morgan fingerprint density at radius 2 is 1.45 bits per heavy atom. The molecule has 1 aliphatic rings. The van der Waals surface area contributed by atoms with E-state index in [-0.39, 0.29) is 0 Å². The van der Waals surface area contributed by atoms with Gasteiger partial charge in [-0.15, -0.1) is 0 Å². The number of aliphatic hydroxyl groups is 1. The van der Waals surface area contributed by atoms with Crippen molar-refractivity contribution in [3.05, 3.63) is 35.4 Å². The molecule has 1 aliphatic heterocycles. The van der Waals surface area contributed by atoms with Gasteiger partial charge in [0.1, 0.15) is 6.23 Å². The summed E-state index contributed by atoms with van der Waals surface area (Å²) < 4.78 is 0. The van der Waals surface area contributed by atoms with E-state index in [2.05, 4.69) is 74.0 Å². The smallest absolute Gasteiger partial charge is 0.117 e. The third-order valence-corrected chi connectivity index (χ3v) is 5.22. The zero-order chi connectivity index (χ0) is 21.9. The Morgan fingerprint density at radius 1 is 0.931 bits per heavy atom. The molecule has 1 unspecified atom stereocenters. The first-order valence-electron chi connectivity index (χ1n) is 11.7. The Hall–Kier alpha value is -0.940. The molecule has 4 heteroatoms. The fourth-order valence-electron chi connectivity index (χ4n) is 3.56. The molecule has 1 atom stereocenters. The maximum Gasteiger partial charge on any atom is 0.117 e. The Balaban J connectivity index is 0.00000204. The van der Waals surface area contributed by atoms with Crippen LogP contribution >= 0.6 is 0 Å². The van der Waals surface area contributed by atoms with Gasteiger partial charge in [0.05, 0.1) is 0 Å². The van der Waals surface area contributed by atoms with Crippen LogP contribution in [-0.2, 0) is 13.0 Å². The molecule has 2 rings (SSSR count). The lowest BCUT2D eigenvalue weighted by Crippen LogP contribution is -2.50. The molecule has 0 radical (unpaired) electrons. The molecule has 1 heterocycles. The first kappa shape index (κ1) is 26.1. The Kier molecular flexibility index (Phi) is 12.0. The van der Waals surface area contributed by atoms with Gasteiger partial charge in [0.25, 0.3) is 0 Å². The standard InChI is InChI=1S/C23H41N3O.C2H6/c1-19(2)16-20-6-8-21(9-7-20)17-25-12-14-26(15-13-25)18-22(27)24-11-10-23(3,4)5;1-2/h6-9,19,22,24,27H,10-18H2,1-5H3;1-2H3. The van der Waals surface area contributed by atoms with Gasteiger partial charge < -0.3 is 5.11 Å². The molecule has 0 saturated carbocycles. The molecule has 0 amide bonds. The highest BCUT2D eigenvalue weighted by molar-refractivity contribution is 5.22. The number of nitrogens with zero attached hydrogens (tertiary/aromatic N) is 2. The molecule has 1 aromatic carbocycles. The minimum absolute atomic E-state index is 0.311. The van der Waals surface area contributed by atoms with Crippen LogP contribution in [0.15, 0.2) is 24.3 Å². The fourth-order valence-corrected chi connectivity index (χ4v) is 3.56. The van der Waals surface area contributed by atoms with Crippen LogP contribution in [0, 0.1) is 11.3 Å². The number of hydrogen-bond donors (Lipinski definition) is 2. The van der Waals surface area contributed by atoms with E-state index in [1.165, 1.54) is 11.1 Å². The van der Waals surface area contributed by atoms with E-state index in [0.29, 0.717) is 11.3 Å². The predicted molar refractivity (Wildman–Crippen MR) is 126 cm³/mol. The highest BCUT2D eigenvalue weighted by Gasteiger charge is 2.19. The Morgan fingerprint density at radius 3 is 1.97 bits per heavy atom. The van der Waals surface area contributed by atoms with Crippen molar-refractivity contribution in [3.8, 4) is 0 Å². The summed E-state index contributed by atoms with van der Waals surface area (Å²) in [6.07, 6.45) is 1.81. The molecule has 1 aromatic rings.